The second-order valence-electron chi connectivity index (χ2n) is 7.08. The van der Waals surface area contributed by atoms with Crippen molar-refractivity contribution in [2.75, 3.05) is 0 Å². The summed E-state index contributed by atoms with van der Waals surface area (Å²) in [7, 11) is 0. The molecule has 0 radical (unpaired) electrons. The molecule has 1 heteroatoms. The van der Waals surface area contributed by atoms with Crippen LogP contribution in [0.5, 0.6) is 0 Å². The van der Waals surface area contributed by atoms with Crippen LogP contribution in [0.4, 0.5) is 0 Å². The van der Waals surface area contributed by atoms with E-state index >= 15 is 0 Å². The summed E-state index contributed by atoms with van der Waals surface area (Å²) < 4.78 is 0.295. The first-order valence-electron chi connectivity index (χ1n) is 8.02. The van der Waals surface area contributed by atoms with Crippen molar-refractivity contribution in [3.63, 3.8) is 0 Å². The lowest BCUT2D eigenvalue weighted by molar-refractivity contribution is 0.160. The van der Waals surface area contributed by atoms with Crippen LogP contribution in [-0.4, -0.2) is 0 Å². The van der Waals surface area contributed by atoms with Crippen LogP contribution >= 0.6 is 11.8 Å². The maximum atomic E-state index is 2.50. The molecule has 0 amide bonds. The maximum absolute atomic E-state index is 2.50. The van der Waals surface area contributed by atoms with Gasteiger partial charge in [-0.15, -0.1) is 11.8 Å². The topological polar surface area (TPSA) is 0 Å². The first-order chi connectivity index (χ1) is 10.2. The van der Waals surface area contributed by atoms with Gasteiger partial charge in [0.2, 0.25) is 0 Å². The number of rotatable bonds is 2. The molecular formula is C20H22S. The molecule has 0 aliphatic heterocycles. The van der Waals surface area contributed by atoms with E-state index in [0.29, 0.717) is 10.2 Å². The molecule has 2 unspecified atom stereocenters. The van der Waals surface area contributed by atoms with Crippen molar-refractivity contribution in [3.8, 4) is 0 Å². The summed E-state index contributed by atoms with van der Waals surface area (Å²) in [6, 6.07) is 20.2. The smallest absolute Gasteiger partial charge is 0.0463 e. The minimum Gasteiger partial charge on any atom is -0.114 e. The average Bonchev–Trinajstić information content (AvgIpc) is 2.47. The van der Waals surface area contributed by atoms with E-state index in [4.69, 9.17) is 0 Å². The van der Waals surface area contributed by atoms with E-state index < -0.39 is 0 Å². The summed E-state index contributed by atoms with van der Waals surface area (Å²) in [6.07, 6.45) is 6.67. The van der Waals surface area contributed by atoms with Crippen molar-refractivity contribution >= 4 is 11.8 Å². The molecule has 2 aromatic carbocycles. The number of hydrogen-bond donors (Lipinski definition) is 0. The molecule has 0 heterocycles. The monoisotopic (exact) mass is 294 g/mol. The van der Waals surface area contributed by atoms with Crippen LogP contribution in [0.25, 0.3) is 0 Å². The zero-order valence-electron chi connectivity index (χ0n) is 12.6. The molecule has 0 nitrogen and oxygen atoms in total. The van der Waals surface area contributed by atoms with E-state index in [0.717, 1.165) is 0 Å². The van der Waals surface area contributed by atoms with Crippen molar-refractivity contribution < 1.29 is 0 Å². The molecule has 0 saturated heterocycles. The third kappa shape index (κ3) is 2.32. The Kier molecular flexibility index (Phi) is 3.15. The molecule has 108 valence electrons. The normalized spacial score (nSPS) is 30.7. The standard InChI is InChI=1S/C20H22S/c1-19-12-7-13-20(15-19,21-17-9-3-2-4-10-17)18-11-6-5-8-16(18)14-19/h2-6,8-11H,7,12-15H2,1H3. The van der Waals surface area contributed by atoms with Crippen LogP contribution in [-0.2, 0) is 11.2 Å². The fourth-order valence-electron chi connectivity index (χ4n) is 4.48. The lowest BCUT2D eigenvalue weighted by Crippen LogP contribution is -2.42. The number of fused-ring (bicyclic) bond motifs is 4. The first kappa shape index (κ1) is 13.5. The first-order valence-corrected chi connectivity index (χ1v) is 8.83. The highest BCUT2D eigenvalue weighted by Crippen LogP contribution is 2.60. The zero-order chi connectivity index (χ0) is 14.3. The number of benzene rings is 2. The second-order valence-corrected chi connectivity index (χ2v) is 8.54. The number of thioether (sulfide) groups is 1. The molecule has 0 aromatic heterocycles. The van der Waals surface area contributed by atoms with E-state index in [-0.39, 0.29) is 0 Å². The fourth-order valence-corrected chi connectivity index (χ4v) is 6.20. The van der Waals surface area contributed by atoms with Gasteiger partial charge in [0.05, 0.1) is 0 Å². The Morgan fingerprint density at radius 3 is 2.52 bits per heavy atom. The van der Waals surface area contributed by atoms with Gasteiger partial charge in [-0.2, -0.15) is 0 Å². The molecule has 2 aliphatic carbocycles. The van der Waals surface area contributed by atoms with Gasteiger partial charge in [-0.1, -0.05) is 55.8 Å². The van der Waals surface area contributed by atoms with E-state index in [1.54, 1.807) is 11.1 Å². The van der Waals surface area contributed by atoms with Gasteiger partial charge in [-0.25, -0.2) is 0 Å². The third-order valence-electron chi connectivity index (χ3n) is 5.26. The molecule has 2 aromatic rings. The van der Waals surface area contributed by atoms with Crippen LogP contribution < -0.4 is 0 Å². The summed E-state index contributed by atoms with van der Waals surface area (Å²) in [5.41, 5.74) is 3.69. The SMILES string of the molecule is CC12CCCC(Sc3ccccc3)(C1)c1ccccc1C2. The van der Waals surface area contributed by atoms with E-state index in [1.807, 2.05) is 0 Å². The summed E-state index contributed by atoms with van der Waals surface area (Å²) >= 11 is 2.11. The summed E-state index contributed by atoms with van der Waals surface area (Å²) in [5.74, 6) is 0. The minimum atomic E-state index is 0.295. The molecule has 0 N–H and O–H groups in total. The van der Waals surface area contributed by atoms with E-state index in [9.17, 15) is 0 Å². The summed E-state index contributed by atoms with van der Waals surface area (Å²) in [5, 5.41) is 0. The largest absolute Gasteiger partial charge is 0.114 e. The Bertz CT molecular complexity index is 648. The highest BCUT2D eigenvalue weighted by Gasteiger charge is 2.48. The Balaban J connectivity index is 1.81. The molecular weight excluding hydrogens is 272 g/mol. The molecule has 0 spiro atoms. The van der Waals surface area contributed by atoms with Crippen LogP contribution in [0, 0.1) is 5.41 Å². The van der Waals surface area contributed by atoms with Crippen LogP contribution in [0.15, 0.2) is 59.5 Å². The van der Waals surface area contributed by atoms with Gasteiger partial charge >= 0.3 is 0 Å². The van der Waals surface area contributed by atoms with E-state index in [2.05, 4.69) is 73.3 Å². The number of hydrogen-bond acceptors (Lipinski definition) is 1. The van der Waals surface area contributed by atoms with Crippen LogP contribution in [0.2, 0.25) is 0 Å². The lowest BCUT2D eigenvalue weighted by atomic mass is 9.60. The van der Waals surface area contributed by atoms with Crippen molar-refractivity contribution in [1.29, 1.82) is 0 Å². The van der Waals surface area contributed by atoms with Gasteiger partial charge in [0.15, 0.2) is 0 Å². The molecule has 2 aliphatic rings. The molecule has 21 heavy (non-hydrogen) atoms. The van der Waals surface area contributed by atoms with Crippen molar-refractivity contribution in [1.82, 2.24) is 0 Å². The zero-order valence-corrected chi connectivity index (χ0v) is 13.5. The van der Waals surface area contributed by atoms with Crippen molar-refractivity contribution in [2.45, 2.75) is 48.7 Å². The van der Waals surface area contributed by atoms with Gasteiger partial charge < -0.3 is 0 Å². The Hall–Kier alpha value is -1.21. The highest BCUT2D eigenvalue weighted by molar-refractivity contribution is 8.00. The molecule has 1 fully saturated rings. The second kappa shape index (κ2) is 4.91. The molecule has 4 rings (SSSR count). The summed E-state index contributed by atoms with van der Waals surface area (Å²) in [6.45, 7) is 2.50. The Labute approximate surface area is 132 Å². The van der Waals surface area contributed by atoms with Crippen molar-refractivity contribution in [3.05, 3.63) is 65.7 Å². The van der Waals surface area contributed by atoms with Gasteiger partial charge in [-0.3, -0.25) is 0 Å². The quantitative estimate of drug-likeness (QED) is 0.673. The average molecular weight is 294 g/mol. The minimum absolute atomic E-state index is 0.295. The molecule has 1 saturated carbocycles. The predicted molar refractivity (Wildman–Crippen MR) is 90.7 cm³/mol. The third-order valence-corrected chi connectivity index (χ3v) is 6.72. The van der Waals surface area contributed by atoms with Gasteiger partial charge in [-0.05, 0) is 54.4 Å². The van der Waals surface area contributed by atoms with E-state index in [1.165, 1.54) is 37.0 Å². The Morgan fingerprint density at radius 2 is 1.67 bits per heavy atom. The molecule has 2 bridgehead atoms. The van der Waals surface area contributed by atoms with Crippen molar-refractivity contribution in [2.24, 2.45) is 5.41 Å². The van der Waals surface area contributed by atoms with Crippen LogP contribution in [0.3, 0.4) is 0 Å². The summed E-state index contributed by atoms with van der Waals surface area (Å²) in [4.78, 5) is 1.42. The van der Waals surface area contributed by atoms with Gasteiger partial charge in [0, 0.05) is 9.64 Å². The maximum Gasteiger partial charge on any atom is 0.0463 e. The molecule has 2 atom stereocenters. The Morgan fingerprint density at radius 1 is 0.905 bits per heavy atom. The van der Waals surface area contributed by atoms with Gasteiger partial charge in [0.25, 0.3) is 0 Å². The lowest BCUT2D eigenvalue weighted by Gasteiger charge is -2.51. The van der Waals surface area contributed by atoms with Crippen LogP contribution in [0.1, 0.15) is 43.7 Å². The highest BCUT2D eigenvalue weighted by atomic mass is 32.2. The fraction of sp³-hybridized carbons (Fsp3) is 0.400. The van der Waals surface area contributed by atoms with Gasteiger partial charge in [0.1, 0.15) is 0 Å². The predicted octanol–water partition coefficient (Wildman–Crippen LogP) is 5.81.